The Morgan fingerprint density at radius 1 is 1.64 bits per heavy atom. The summed E-state index contributed by atoms with van der Waals surface area (Å²) in [6.07, 6.45) is 2.29. The maximum atomic E-state index is 5.75. The molecule has 0 N–H and O–H groups in total. The summed E-state index contributed by atoms with van der Waals surface area (Å²) >= 11 is 0. The van der Waals surface area contributed by atoms with Gasteiger partial charge in [-0.15, -0.1) is 0 Å². The Bertz CT molecular complexity index is 204. The molecule has 0 fully saturated rings. The molecule has 1 aliphatic rings. The second-order valence-electron chi connectivity index (χ2n) is 3.76. The Kier molecular flexibility index (Phi) is 2.35. The summed E-state index contributed by atoms with van der Waals surface area (Å²) in [4.78, 5) is 0. The summed E-state index contributed by atoms with van der Waals surface area (Å²) in [6, 6.07) is 1.13. The van der Waals surface area contributed by atoms with E-state index in [2.05, 4.69) is 25.7 Å². The average Bonchev–Trinajstić information content (AvgIpc) is 1.86. The van der Waals surface area contributed by atoms with Gasteiger partial charge in [-0.2, -0.15) is 0 Å². The molecule has 62 valence electrons. The van der Waals surface area contributed by atoms with E-state index in [1.807, 2.05) is 6.92 Å². The lowest BCUT2D eigenvalue weighted by Crippen LogP contribution is -2.33. The average molecular weight is 168 g/mol. The van der Waals surface area contributed by atoms with Crippen molar-refractivity contribution in [2.45, 2.75) is 26.1 Å². The number of hydrogen-bond acceptors (Lipinski definition) is 1. The fourth-order valence-corrected chi connectivity index (χ4v) is 2.46. The fraction of sp³-hybridized carbons (Fsp3) is 0.556. The Morgan fingerprint density at radius 3 is 2.64 bits per heavy atom. The van der Waals surface area contributed by atoms with Gasteiger partial charge in [0.15, 0.2) is 8.32 Å². The standard InChI is InChI=1S/C9H16OSi/c1-8(2)9-5-6-11(3,4)10-7-9/h5H,1,6-7H2,2-4H3. The largest absolute Gasteiger partial charge is 0.413 e. The molecule has 0 unspecified atom stereocenters. The summed E-state index contributed by atoms with van der Waals surface area (Å²) < 4.78 is 5.75. The molecule has 0 aromatic rings. The summed E-state index contributed by atoms with van der Waals surface area (Å²) in [5.41, 5.74) is 2.44. The summed E-state index contributed by atoms with van der Waals surface area (Å²) in [6.45, 7) is 11.2. The van der Waals surface area contributed by atoms with E-state index < -0.39 is 8.32 Å². The van der Waals surface area contributed by atoms with Crippen LogP contribution in [0.15, 0.2) is 23.8 Å². The zero-order chi connectivity index (χ0) is 8.48. The molecule has 1 nitrogen and oxygen atoms in total. The summed E-state index contributed by atoms with van der Waals surface area (Å²) in [7, 11) is -1.30. The molecule has 1 aliphatic heterocycles. The van der Waals surface area contributed by atoms with Gasteiger partial charge in [0.25, 0.3) is 0 Å². The van der Waals surface area contributed by atoms with E-state index in [1.54, 1.807) is 0 Å². The molecule has 0 spiro atoms. The van der Waals surface area contributed by atoms with Gasteiger partial charge in [0.05, 0.1) is 6.61 Å². The molecular weight excluding hydrogens is 152 g/mol. The first-order valence-electron chi connectivity index (χ1n) is 4.00. The molecule has 0 saturated heterocycles. The van der Waals surface area contributed by atoms with Crippen LogP contribution in [-0.4, -0.2) is 14.9 Å². The molecule has 0 radical (unpaired) electrons. The van der Waals surface area contributed by atoms with Crippen LogP contribution in [0, 0.1) is 0 Å². The van der Waals surface area contributed by atoms with Gasteiger partial charge >= 0.3 is 0 Å². The van der Waals surface area contributed by atoms with Crippen LogP contribution in [0.5, 0.6) is 0 Å². The Hall–Kier alpha value is -0.343. The molecule has 0 aromatic heterocycles. The number of allylic oxidation sites excluding steroid dienone is 1. The third kappa shape index (κ3) is 2.31. The predicted octanol–water partition coefficient (Wildman–Crippen LogP) is 2.72. The van der Waals surface area contributed by atoms with Gasteiger partial charge in [0, 0.05) is 0 Å². The van der Waals surface area contributed by atoms with Crippen molar-refractivity contribution in [2.75, 3.05) is 6.61 Å². The molecule has 11 heavy (non-hydrogen) atoms. The van der Waals surface area contributed by atoms with Crippen LogP contribution in [-0.2, 0) is 4.43 Å². The highest BCUT2D eigenvalue weighted by Crippen LogP contribution is 2.22. The van der Waals surface area contributed by atoms with E-state index in [-0.39, 0.29) is 0 Å². The number of hydrogen-bond donors (Lipinski definition) is 0. The Labute approximate surface area is 69.9 Å². The van der Waals surface area contributed by atoms with Gasteiger partial charge in [-0.25, -0.2) is 0 Å². The number of rotatable bonds is 1. The van der Waals surface area contributed by atoms with Crippen molar-refractivity contribution in [2.24, 2.45) is 0 Å². The lowest BCUT2D eigenvalue weighted by atomic mass is 10.1. The normalized spacial score (nSPS) is 22.6. The SMILES string of the molecule is C=C(C)C1=CC[Si](C)(C)OC1. The fourth-order valence-electron chi connectivity index (χ4n) is 1.06. The zero-order valence-electron chi connectivity index (χ0n) is 7.61. The molecule has 0 atom stereocenters. The third-order valence-electron chi connectivity index (χ3n) is 2.01. The van der Waals surface area contributed by atoms with Crippen molar-refractivity contribution in [3.63, 3.8) is 0 Å². The van der Waals surface area contributed by atoms with Crippen LogP contribution in [0.25, 0.3) is 0 Å². The second-order valence-corrected chi connectivity index (χ2v) is 7.98. The van der Waals surface area contributed by atoms with Crippen LogP contribution in [0.3, 0.4) is 0 Å². The van der Waals surface area contributed by atoms with Gasteiger partial charge < -0.3 is 4.43 Å². The van der Waals surface area contributed by atoms with Crippen molar-refractivity contribution < 1.29 is 4.43 Å². The van der Waals surface area contributed by atoms with Crippen LogP contribution >= 0.6 is 0 Å². The molecule has 2 heteroatoms. The minimum atomic E-state index is -1.30. The maximum Gasteiger partial charge on any atom is 0.190 e. The first-order valence-corrected chi connectivity index (χ1v) is 7.12. The van der Waals surface area contributed by atoms with Gasteiger partial charge in [0.2, 0.25) is 0 Å². The van der Waals surface area contributed by atoms with Crippen LogP contribution in [0.1, 0.15) is 6.92 Å². The quantitative estimate of drug-likeness (QED) is 0.547. The van der Waals surface area contributed by atoms with Gasteiger partial charge in [0.1, 0.15) is 0 Å². The van der Waals surface area contributed by atoms with E-state index in [0.29, 0.717) is 0 Å². The van der Waals surface area contributed by atoms with Gasteiger partial charge in [-0.3, -0.25) is 0 Å². The van der Waals surface area contributed by atoms with Crippen molar-refractivity contribution in [3.05, 3.63) is 23.8 Å². The van der Waals surface area contributed by atoms with Crippen LogP contribution in [0.4, 0.5) is 0 Å². The van der Waals surface area contributed by atoms with Crippen molar-refractivity contribution >= 4 is 8.32 Å². The molecule has 1 heterocycles. The van der Waals surface area contributed by atoms with E-state index in [4.69, 9.17) is 4.43 Å². The van der Waals surface area contributed by atoms with Gasteiger partial charge in [-0.05, 0) is 31.6 Å². The second kappa shape index (κ2) is 2.95. The molecule has 0 aliphatic carbocycles. The molecule has 0 saturated carbocycles. The van der Waals surface area contributed by atoms with Crippen LogP contribution < -0.4 is 0 Å². The lowest BCUT2D eigenvalue weighted by molar-refractivity contribution is 0.338. The maximum absolute atomic E-state index is 5.75. The smallest absolute Gasteiger partial charge is 0.190 e. The zero-order valence-corrected chi connectivity index (χ0v) is 8.61. The molecule has 1 rings (SSSR count). The van der Waals surface area contributed by atoms with Crippen molar-refractivity contribution in [1.82, 2.24) is 0 Å². The Morgan fingerprint density at radius 2 is 2.27 bits per heavy atom. The van der Waals surface area contributed by atoms with E-state index in [1.165, 1.54) is 5.57 Å². The highest BCUT2D eigenvalue weighted by atomic mass is 28.4. The lowest BCUT2D eigenvalue weighted by Gasteiger charge is -2.27. The summed E-state index contributed by atoms with van der Waals surface area (Å²) in [5, 5.41) is 0. The van der Waals surface area contributed by atoms with E-state index in [9.17, 15) is 0 Å². The molecular formula is C9H16OSi. The van der Waals surface area contributed by atoms with E-state index >= 15 is 0 Å². The first-order chi connectivity index (χ1) is 5.01. The molecule has 0 bridgehead atoms. The van der Waals surface area contributed by atoms with Crippen molar-refractivity contribution in [1.29, 1.82) is 0 Å². The van der Waals surface area contributed by atoms with E-state index in [0.717, 1.165) is 18.2 Å². The molecule has 0 aromatic carbocycles. The van der Waals surface area contributed by atoms with Gasteiger partial charge in [-0.1, -0.05) is 18.2 Å². The Balaban J connectivity index is 2.65. The minimum Gasteiger partial charge on any atom is -0.413 e. The monoisotopic (exact) mass is 168 g/mol. The summed E-state index contributed by atoms with van der Waals surface area (Å²) in [5.74, 6) is 0. The third-order valence-corrected chi connectivity index (χ3v) is 4.12. The van der Waals surface area contributed by atoms with Crippen molar-refractivity contribution in [3.8, 4) is 0 Å². The highest BCUT2D eigenvalue weighted by Gasteiger charge is 2.24. The predicted molar refractivity (Wildman–Crippen MR) is 51.1 cm³/mol. The molecule has 0 amide bonds. The topological polar surface area (TPSA) is 9.23 Å². The minimum absolute atomic E-state index is 0.786. The van der Waals surface area contributed by atoms with Crippen LogP contribution in [0.2, 0.25) is 19.1 Å². The first kappa shape index (κ1) is 8.75. The highest BCUT2D eigenvalue weighted by molar-refractivity contribution is 6.71.